The zero-order valence-corrected chi connectivity index (χ0v) is 27.4. The van der Waals surface area contributed by atoms with Crippen LogP contribution in [-0.4, -0.2) is 70.4 Å². The molecule has 1 N–H and O–H groups in total. The van der Waals surface area contributed by atoms with Gasteiger partial charge >= 0.3 is 12.3 Å². The van der Waals surface area contributed by atoms with Gasteiger partial charge in [0.15, 0.2) is 0 Å². The van der Waals surface area contributed by atoms with Gasteiger partial charge in [0.05, 0.1) is 36.0 Å². The minimum atomic E-state index is -4.59. The van der Waals surface area contributed by atoms with Crippen molar-refractivity contribution in [1.82, 2.24) is 20.1 Å². The van der Waals surface area contributed by atoms with Crippen molar-refractivity contribution in [1.29, 1.82) is 0 Å². The lowest BCUT2D eigenvalue weighted by Crippen LogP contribution is -2.74. The molecular formula is C38H34F3N5O5. The highest BCUT2D eigenvalue weighted by Gasteiger charge is 2.58. The minimum Gasteiger partial charge on any atom is -0.447 e. The number of hydrogen-bond acceptors (Lipinski definition) is 6. The van der Waals surface area contributed by atoms with Crippen LogP contribution in [0.15, 0.2) is 116 Å². The van der Waals surface area contributed by atoms with E-state index in [0.29, 0.717) is 5.69 Å². The number of pyridine rings is 1. The molecule has 4 aromatic rings. The lowest BCUT2D eigenvalue weighted by molar-refractivity contribution is -0.163. The van der Waals surface area contributed by atoms with E-state index in [4.69, 9.17) is 4.74 Å². The average Bonchev–Trinajstić information content (AvgIpc) is 3.52. The predicted molar refractivity (Wildman–Crippen MR) is 182 cm³/mol. The molecule has 2 aliphatic heterocycles. The number of anilines is 1. The molecule has 51 heavy (non-hydrogen) atoms. The van der Waals surface area contributed by atoms with Crippen LogP contribution >= 0.6 is 0 Å². The van der Waals surface area contributed by atoms with Crippen molar-refractivity contribution >= 4 is 35.6 Å². The van der Waals surface area contributed by atoms with Crippen LogP contribution in [-0.2, 0) is 31.8 Å². The number of benzene rings is 3. The first-order chi connectivity index (χ1) is 24.5. The monoisotopic (exact) mass is 697 g/mol. The van der Waals surface area contributed by atoms with Crippen LogP contribution in [0, 0.1) is 0 Å². The summed E-state index contributed by atoms with van der Waals surface area (Å²) in [5.74, 6) is -1.87. The second-order valence-corrected chi connectivity index (χ2v) is 12.2. The highest BCUT2D eigenvalue weighted by atomic mass is 19.4. The number of carbonyl (C=O) groups excluding carboxylic acids is 4. The quantitative estimate of drug-likeness (QED) is 0.204. The number of rotatable bonds is 11. The fraction of sp³-hybridized carbons (Fsp3) is 0.237. The SMILES string of the molecule is CN(C(=O)C[C@@H](C(=O)NCc1cccc(C(F)(F)F)c1)N1C(=O)[C@@H](N2C(=O)OC[C@@H]2c2ccccc2)[C@H]1/C=C/c1ccccc1)c1cccnc1. The van der Waals surface area contributed by atoms with Gasteiger partial charge < -0.3 is 19.9 Å². The molecule has 10 nitrogen and oxygen atoms in total. The van der Waals surface area contributed by atoms with E-state index in [0.717, 1.165) is 23.3 Å². The Hall–Kier alpha value is -5.98. The van der Waals surface area contributed by atoms with Crippen LogP contribution in [0.2, 0.25) is 0 Å². The smallest absolute Gasteiger partial charge is 0.416 e. The number of carbonyl (C=O) groups is 4. The zero-order chi connectivity index (χ0) is 36.1. The lowest BCUT2D eigenvalue weighted by atomic mass is 9.87. The molecule has 262 valence electrons. The van der Waals surface area contributed by atoms with Crippen molar-refractivity contribution in [2.45, 2.75) is 43.3 Å². The number of β-lactam (4-membered cyclic amide) rings is 1. The molecule has 0 aliphatic carbocycles. The average molecular weight is 698 g/mol. The van der Waals surface area contributed by atoms with E-state index < -0.39 is 66.1 Å². The first-order valence-corrected chi connectivity index (χ1v) is 16.2. The Labute approximate surface area is 292 Å². The molecule has 13 heteroatoms. The number of likely N-dealkylation sites (tertiary alicyclic amines) is 1. The Morgan fingerprint density at radius 1 is 1.00 bits per heavy atom. The predicted octanol–water partition coefficient (Wildman–Crippen LogP) is 5.62. The van der Waals surface area contributed by atoms with Gasteiger partial charge in [-0.15, -0.1) is 0 Å². The summed E-state index contributed by atoms with van der Waals surface area (Å²) in [5, 5.41) is 2.64. The maximum absolute atomic E-state index is 14.3. The Balaban J connectivity index is 1.34. The van der Waals surface area contributed by atoms with Crippen LogP contribution in [0.3, 0.4) is 0 Å². The van der Waals surface area contributed by atoms with Gasteiger partial charge in [0.25, 0.3) is 0 Å². The number of amides is 4. The van der Waals surface area contributed by atoms with Crippen molar-refractivity contribution in [2.24, 2.45) is 0 Å². The van der Waals surface area contributed by atoms with Gasteiger partial charge in [0.2, 0.25) is 17.7 Å². The van der Waals surface area contributed by atoms with E-state index in [2.05, 4.69) is 10.3 Å². The molecule has 1 aromatic heterocycles. The van der Waals surface area contributed by atoms with Crippen LogP contribution in [0.5, 0.6) is 0 Å². The van der Waals surface area contributed by atoms with Crippen LogP contribution in [0.25, 0.3) is 6.08 Å². The van der Waals surface area contributed by atoms with Gasteiger partial charge in [-0.3, -0.25) is 24.3 Å². The molecule has 0 saturated carbocycles. The summed E-state index contributed by atoms with van der Waals surface area (Å²) in [6.45, 7) is -0.284. The molecule has 0 bridgehead atoms. The van der Waals surface area contributed by atoms with Crippen LogP contribution < -0.4 is 10.2 Å². The van der Waals surface area contributed by atoms with Crippen molar-refractivity contribution < 1.29 is 37.1 Å². The third-order valence-electron chi connectivity index (χ3n) is 8.97. The maximum Gasteiger partial charge on any atom is 0.416 e. The van der Waals surface area contributed by atoms with Gasteiger partial charge in [-0.25, -0.2) is 4.79 Å². The summed E-state index contributed by atoms with van der Waals surface area (Å²) in [6.07, 6.45) is 0.727. The van der Waals surface area contributed by atoms with Gasteiger partial charge in [-0.05, 0) is 41.0 Å². The van der Waals surface area contributed by atoms with E-state index in [1.54, 1.807) is 30.5 Å². The zero-order valence-electron chi connectivity index (χ0n) is 27.4. The third kappa shape index (κ3) is 7.62. The molecule has 3 heterocycles. The summed E-state index contributed by atoms with van der Waals surface area (Å²) >= 11 is 0. The number of nitrogens with zero attached hydrogens (tertiary/aromatic N) is 4. The van der Waals surface area contributed by atoms with E-state index in [1.165, 1.54) is 40.1 Å². The number of cyclic esters (lactones) is 1. The largest absolute Gasteiger partial charge is 0.447 e. The second kappa shape index (κ2) is 14.9. The molecule has 2 fully saturated rings. The summed E-state index contributed by atoms with van der Waals surface area (Å²) in [6, 6.07) is 22.2. The van der Waals surface area contributed by atoms with Crippen molar-refractivity contribution in [2.75, 3.05) is 18.6 Å². The Morgan fingerprint density at radius 2 is 1.73 bits per heavy atom. The van der Waals surface area contributed by atoms with Gasteiger partial charge in [-0.2, -0.15) is 13.2 Å². The highest BCUT2D eigenvalue weighted by Crippen LogP contribution is 2.39. The molecule has 4 atom stereocenters. The summed E-state index contributed by atoms with van der Waals surface area (Å²) < 4.78 is 45.6. The van der Waals surface area contributed by atoms with E-state index in [-0.39, 0.29) is 18.7 Å². The number of halogens is 3. The Morgan fingerprint density at radius 3 is 2.41 bits per heavy atom. The molecule has 3 aromatic carbocycles. The van der Waals surface area contributed by atoms with Crippen LogP contribution in [0.4, 0.5) is 23.7 Å². The molecule has 4 amide bonds. The number of alkyl halides is 3. The fourth-order valence-electron chi connectivity index (χ4n) is 6.28. The lowest BCUT2D eigenvalue weighted by Gasteiger charge is -2.52. The molecule has 2 saturated heterocycles. The number of nitrogens with one attached hydrogen (secondary N) is 1. The van der Waals surface area contributed by atoms with Gasteiger partial charge in [-0.1, -0.05) is 84.9 Å². The molecular weight excluding hydrogens is 663 g/mol. The molecule has 6 rings (SSSR count). The first kappa shape index (κ1) is 34.9. The highest BCUT2D eigenvalue weighted by molar-refractivity contribution is 6.01. The van der Waals surface area contributed by atoms with E-state index >= 15 is 0 Å². The fourth-order valence-corrected chi connectivity index (χ4v) is 6.28. The maximum atomic E-state index is 14.3. The minimum absolute atomic E-state index is 0.0110. The number of ether oxygens (including phenoxy) is 1. The van der Waals surface area contributed by atoms with Crippen molar-refractivity contribution in [3.63, 3.8) is 0 Å². The summed E-state index contributed by atoms with van der Waals surface area (Å²) in [7, 11) is 1.51. The molecule has 0 spiro atoms. The summed E-state index contributed by atoms with van der Waals surface area (Å²) in [5.41, 5.74) is 1.29. The van der Waals surface area contributed by atoms with Crippen molar-refractivity contribution in [3.05, 3.63) is 138 Å². The first-order valence-electron chi connectivity index (χ1n) is 16.2. The van der Waals surface area contributed by atoms with Gasteiger partial charge in [0, 0.05) is 19.8 Å². The Bertz CT molecular complexity index is 1910. The second-order valence-electron chi connectivity index (χ2n) is 12.2. The third-order valence-corrected chi connectivity index (χ3v) is 8.97. The molecule has 0 radical (unpaired) electrons. The summed E-state index contributed by atoms with van der Waals surface area (Å²) in [4.78, 5) is 63.2. The van der Waals surface area contributed by atoms with Crippen molar-refractivity contribution in [3.8, 4) is 0 Å². The topological polar surface area (TPSA) is 112 Å². The number of aromatic nitrogens is 1. The molecule has 2 aliphatic rings. The number of hydrogen-bond donors (Lipinski definition) is 1. The van der Waals surface area contributed by atoms with Crippen LogP contribution in [0.1, 0.15) is 34.7 Å². The van der Waals surface area contributed by atoms with Gasteiger partial charge in [0.1, 0.15) is 18.7 Å². The molecule has 0 unspecified atom stereocenters. The standard InChI is InChI=1S/C38H34F3N5O5/c1-44(29-16-9-19-42-23-29)33(47)21-31(35(48)43-22-26-12-8-15-28(20-26)38(39,40)41)45-30(18-17-25-10-4-2-5-11-25)34(36(45)49)46-32(24-51-37(46)50)27-13-6-3-7-14-27/h2-20,23,30-32,34H,21-22,24H2,1H3,(H,43,48)/b18-17+/t30-,31+,32-,34+/m1/s1. The van der Waals surface area contributed by atoms with E-state index in [9.17, 15) is 32.3 Å². The normalized spacial score (nSPS) is 19.4. The Kier molecular flexibility index (Phi) is 10.2. The van der Waals surface area contributed by atoms with E-state index in [1.807, 2.05) is 60.7 Å².